The first-order chi connectivity index (χ1) is 7.86. The van der Waals surface area contributed by atoms with Crippen LogP contribution in [0.5, 0.6) is 5.75 Å². The Bertz CT molecular complexity index is 369. The average molecular weight is 237 g/mol. The summed E-state index contributed by atoms with van der Waals surface area (Å²) in [4.78, 5) is 0. The number of ether oxygens (including phenoxy) is 1. The monoisotopic (exact) mass is 237 g/mol. The van der Waals surface area contributed by atoms with E-state index in [4.69, 9.17) is 10.5 Å². The van der Waals surface area contributed by atoms with Crippen LogP contribution in [0.25, 0.3) is 0 Å². The molecule has 0 saturated heterocycles. The lowest BCUT2D eigenvalue weighted by atomic mass is 9.85. The number of benzene rings is 1. The quantitative estimate of drug-likeness (QED) is 0.842. The number of aliphatic hydroxyl groups is 1. The molecule has 1 aromatic rings. The van der Waals surface area contributed by atoms with Crippen molar-refractivity contribution in [2.45, 2.75) is 39.2 Å². The van der Waals surface area contributed by atoms with Crippen LogP contribution in [0.15, 0.2) is 18.2 Å². The standard InChI is InChI=1S/C14H23NO2/c1-10-6-5-7-12(14(2,3)4)13(10)17-9-11(16)8-15/h5-7,11,16H,8-9,15H2,1-4H3/t11-/m1/s1. The van der Waals surface area contributed by atoms with Crippen LogP contribution < -0.4 is 10.5 Å². The molecule has 0 aliphatic rings. The van der Waals surface area contributed by atoms with Gasteiger partial charge in [0.15, 0.2) is 0 Å². The van der Waals surface area contributed by atoms with Crippen LogP contribution in [0, 0.1) is 6.92 Å². The Hall–Kier alpha value is -1.06. The molecule has 0 radical (unpaired) electrons. The van der Waals surface area contributed by atoms with Crippen LogP contribution in [0.1, 0.15) is 31.9 Å². The maximum atomic E-state index is 9.45. The molecular formula is C14H23NO2. The Balaban J connectivity index is 2.96. The van der Waals surface area contributed by atoms with Crippen molar-refractivity contribution in [1.82, 2.24) is 0 Å². The number of rotatable bonds is 4. The van der Waals surface area contributed by atoms with Gasteiger partial charge in [0.25, 0.3) is 0 Å². The van der Waals surface area contributed by atoms with E-state index in [1.165, 1.54) is 0 Å². The van der Waals surface area contributed by atoms with Gasteiger partial charge < -0.3 is 15.6 Å². The number of para-hydroxylation sites is 1. The summed E-state index contributed by atoms with van der Waals surface area (Å²) in [6.45, 7) is 8.91. The molecule has 0 aromatic heterocycles. The molecule has 0 fully saturated rings. The third-order valence-corrected chi connectivity index (χ3v) is 2.71. The topological polar surface area (TPSA) is 55.5 Å². The fourth-order valence-electron chi connectivity index (χ4n) is 1.68. The summed E-state index contributed by atoms with van der Waals surface area (Å²) >= 11 is 0. The zero-order chi connectivity index (χ0) is 13.1. The van der Waals surface area contributed by atoms with Crippen LogP contribution >= 0.6 is 0 Å². The molecule has 0 heterocycles. The smallest absolute Gasteiger partial charge is 0.126 e. The minimum absolute atomic E-state index is 0.0228. The normalized spacial score (nSPS) is 13.5. The highest BCUT2D eigenvalue weighted by molar-refractivity contribution is 5.44. The van der Waals surface area contributed by atoms with E-state index in [0.717, 1.165) is 16.9 Å². The SMILES string of the molecule is Cc1cccc(C(C)(C)C)c1OC[C@H](O)CN. The van der Waals surface area contributed by atoms with Gasteiger partial charge in [0.05, 0.1) is 0 Å². The van der Waals surface area contributed by atoms with Gasteiger partial charge in [-0.1, -0.05) is 39.0 Å². The minimum atomic E-state index is -0.609. The van der Waals surface area contributed by atoms with Gasteiger partial charge in [-0.25, -0.2) is 0 Å². The summed E-state index contributed by atoms with van der Waals surface area (Å²) in [6, 6.07) is 6.11. The van der Waals surface area contributed by atoms with Crippen molar-refractivity contribution in [3.05, 3.63) is 29.3 Å². The molecule has 0 bridgehead atoms. The molecule has 0 aliphatic carbocycles. The number of hydrogen-bond donors (Lipinski definition) is 2. The van der Waals surface area contributed by atoms with E-state index in [1.807, 2.05) is 19.1 Å². The highest BCUT2D eigenvalue weighted by Gasteiger charge is 2.20. The third kappa shape index (κ3) is 3.72. The van der Waals surface area contributed by atoms with E-state index in [1.54, 1.807) is 0 Å². The largest absolute Gasteiger partial charge is 0.490 e. The van der Waals surface area contributed by atoms with Gasteiger partial charge in [-0.3, -0.25) is 0 Å². The Morgan fingerprint density at radius 2 is 2.00 bits per heavy atom. The molecule has 1 aromatic carbocycles. The van der Waals surface area contributed by atoms with Crippen molar-refractivity contribution in [3.63, 3.8) is 0 Å². The lowest BCUT2D eigenvalue weighted by Gasteiger charge is -2.24. The van der Waals surface area contributed by atoms with E-state index in [9.17, 15) is 5.11 Å². The Morgan fingerprint density at radius 1 is 1.35 bits per heavy atom. The van der Waals surface area contributed by atoms with Crippen molar-refractivity contribution in [3.8, 4) is 5.75 Å². The van der Waals surface area contributed by atoms with Gasteiger partial charge in [0.2, 0.25) is 0 Å². The average Bonchev–Trinajstić information content (AvgIpc) is 2.25. The molecule has 0 unspecified atom stereocenters. The van der Waals surface area contributed by atoms with Crippen LogP contribution in [0.3, 0.4) is 0 Å². The predicted octanol–water partition coefficient (Wildman–Crippen LogP) is 1.99. The number of hydrogen-bond acceptors (Lipinski definition) is 3. The van der Waals surface area contributed by atoms with Crippen LogP contribution in [0.4, 0.5) is 0 Å². The Kier molecular flexibility index (Phi) is 4.54. The Morgan fingerprint density at radius 3 is 2.53 bits per heavy atom. The zero-order valence-electron chi connectivity index (χ0n) is 11.2. The molecule has 0 amide bonds. The summed E-state index contributed by atoms with van der Waals surface area (Å²) < 4.78 is 5.72. The first-order valence-electron chi connectivity index (χ1n) is 5.97. The second-order valence-corrected chi connectivity index (χ2v) is 5.40. The van der Waals surface area contributed by atoms with Crippen LogP contribution in [-0.4, -0.2) is 24.4 Å². The van der Waals surface area contributed by atoms with Crippen molar-refractivity contribution in [2.75, 3.05) is 13.2 Å². The third-order valence-electron chi connectivity index (χ3n) is 2.71. The molecule has 0 spiro atoms. The summed E-state index contributed by atoms with van der Waals surface area (Å²) in [6.07, 6.45) is -0.609. The molecule has 1 rings (SSSR count). The summed E-state index contributed by atoms with van der Waals surface area (Å²) in [5.41, 5.74) is 7.63. The van der Waals surface area contributed by atoms with Crippen molar-refractivity contribution >= 4 is 0 Å². The van der Waals surface area contributed by atoms with Gasteiger partial charge in [-0.05, 0) is 23.5 Å². The fourth-order valence-corrected chi connectivity index (χ4v) is 1.68. The maximum absolute atomic E-state index is 9.45. The second-order valence-electron chi connectivity index (χ2n) is 5.40. The molecule has 0 saturated carbocycles. The van der Waals surface area contributed by atoms with Crippen molar-refractivity contribution in [2.24, 2.45) is 5.73 Å². The van der Waals surface area contributed by atoms with E-state index >= 15 is 0 Å². The number of aliphatic hydroxyl groups excluding tert-OH is 1. The van der Waals surface area contributed by atoms with Crippen LogP contribution in [0.2, 0.25) is 0 Å². The lowest BCUT2D eigenvalue weighted by Crippen LogP contribution is -2.27. The second kappa shape index (κ2) is 5.52. The van der Waals surface area contributed by atoms with E-state index in [-0.39, 0.29) is 18.6 Å². The van der Waals surface area contributed by atoms with Gasteiger partial charge in [-0.2, -0.15) is 0 Å². The first-order valence-corrected chi connectivity index (χ1v) is 5.97. The molecule has 3 nitrogen and oxygen atoms in total. The fraction of sp³-hybridized carbons (Fsp3) is 0.571. The summed E-state index contributed by atoms with van der Waals surface area (Å²) in [7, 11) is 0. The summed E-state index contributed by atoms with van der Waals surface area (Å²) in [5, 5.41) is 9.45. The van der Waals surface area contributed by atoms with Crippen molar-refractivity contribution < 1.29 is 9.84 Å². The molecule has 3 N–H and O–H groups in total. The molecule has 17 heavy (non-hydrogen) atoms. The van der Waals surface area contributed by atoms with Gasteiger partial charge in [0, 0.05) is 6.54 Å². The van der Waals surface area contributed by atoms with E-state index < -0.39 is 6.10 Å². The molecule has 3 heteroatoms. The molecule has 1 atom stereocenters. The van der Waals surface area contributed by atoms with E-state index in [2.05, 4.69) is 26.8 Å². The molecular weight excluding hydrogens is 214 g/mol. The number of nitrogens with two attached hydrogens (primary N) is 1. The summed E-state index contributed by atoms with van der Waals surface area (Å²) in [5.74, 6) is 0.868. The van der Waals surface area contributed by atoms with Gasteiger partial charge in [-0.15, -0.1) is 0 Å². The molecule has 0 aliphatic heterocycles. The lowest BCUT2D eigenvalue weighted by molar-refractivity contribution is 0.112. The highest BCUT2D eigenvalue weighted by Crippen LogP contribution is 2.33. The Labute approximate surface area is 104 Å². The first kappa shape index (κ1) is 14.0. The number of aryl methyl sites for hydroxylation is 1. The predicted molar refractivity (Wildman–Crippen MR) is 70.4 cm³/mol. The maximum Gasteiger partial charge on any atom is 0.126 e. The van der Waals surface area contributed by atoms with Gasteiger partial charge >= 0.3 is 0 Å². The van der Waals surface area contributed by atoms with Crippen LogP contribution in [-0.2, 0) is 5.41 Å². The van der Waals surface area contributed by atoms with Crippen molar-refractivity contribution in [1.29, 1.82) is 0 Å². The molecule has 96 valence electrons. The minimum Gasteiger partial charge on any atom is -0.490 e. The highest BCUT2D eigenvalue weighted by atomic mass is 16.5. The zero-order valence-corrected chi connectivity index (χ0v) is 11.2. The van der Waals surface area contributed by atoms with E-state index in [0.29, 0.717) is 0 Å². The van der Waals surface area contributed by atoms with Gasteiger partial charge in [0.1, 0.15) is 18.5 Å².